The molecule has 0 radical (unpaired) electrons. The molecule has 11 heteroatoms. The van der Waals surface area contributed by atoms with Gasteiger partial charge in [0, 0.05) is 29.3 Å². The largest absolute Gasteiger partial charge is 0.479 e. The molecule has 174 valence electrons. The maximum atomic E-state index is 15.0. The Bertz CT molecular complexity index is 1380. The predicted octanol–water partition coefficient (Wildman–Crippen LogP) is 4.06. The molecular formula is C23H19F3N6OS. The van der Waals surface area contributed by atoms with E-state index in [1.165, 1.54) is 18.6 Å². The Hall–Kier alpha value is -3.52. The highest BCUT2D eigenvalue weighted by molar-refractivity contribution is 8.15. The second-order valence-electron chi connectivity index (χ2n) is 8.35. The van der Waals surface area contributed by atoms with Crippen LogP contribution >= 0.6 is 11.8 Å². The highest BCUT2D eigenvalue weighted by Gasteiger charge is 2.66. The topological polar surface area (TPSA) is 98.3 Å². The van der Waals surface area contributed by atoms with Crippen molar-refractivity contribution in [2.45, 2.75) is 23.6 Å². The van der Waals surface area contributed by atoms with Crippen LogP contribution in [-0.2, 0) is 5.54 Å². The average molecular weight is 485 g/mol. The predicted molar refractivity (Wildman–Crippen MR) is 125 cm³/mol. The molecule has 34 heavy (non-hydrogen) atoms. The number of alkyl halides is 1. The first-order valence-corrected chi connectivity index (χ1v) is 11.1. The lowest BCUT2D eigenvalue weighted by Gasteiger charge is -2.33. The van der Waals surface area contributed by atoms with Gasteiger partial charge in [0.25, 0.3) is 0 Å². The lowest BCUT2D eigenvalue weighted by molar-refractivity contribution is 0.357. The number of terminal acetylenes is 1. The van der Waals surface area contributed by atoms with E-state index in [1.54, 1.807) is 13.0 Å². The van der Waals surface area contributed by atoms with Crippen LogP contribution < -0.4 is 15.8 Å². The average Bonchev–Trinajstić information content (AvgIpc) is 3.56. The van der Waals surface area contributed by atoms with Crippen molar-refractivity contribution in [3.05, 3.63) is 47.9 Å². The Balaban J connectivity index is 1.53. The van der Waals surface area contributed by atoms with Crippen LogP contribution in [0.15, 0.2) is 35.7 Å². The third kappa shape index (κ3) is 3.58. The number of fused-ring (bicyclic) bond motifs is 2. The fourth-order valence-electron chi connectivity index (χ4n) is 4.46. The van der Waals surface area contributed by atoms with Gasteiger partial charge >= 0.3 is 0 Å². The summed E-state index contributed by atoms with van der Waals surface area (Å²) in [5, 5.41) is 3.14. The molecule has 3 N–H and O–H groups in total. The molecule has 0 spiro atoms. The van der Waals surface area contributed by atoms with E-state index < -0.39 is 28.6 Å². The molecular weight excluding hydrogens is 465 g/mol. The Morgan fingerprint density at radius 3 is 2.88 bits per heavy atom. The molecule has 1 saturated carbocycles. The van der Waals surface area contributed by atoms with E-state index in [4.69, 9.17) is 16.9 Å². The molecule has 5 rings (SSSR count). The fraction of sp³-hybridized carbons (Fsp3) is 0.304. The summed E-state index contributed by atoms with van der Waals surface area (Å²) in [6.45, 7) is 1.11. The minimum Gasteiger partial charge on any atom is -0.479 e. The molecule has 1 aliphatic carbocycles. The Kier molecular flexibility index (Phi) is 5.28. The van der Waals surface area contributed by atoms with Crippen LogP contribution in [0.1, 0.15) is 18.9 Å². The molecule has 2 aromatic heterocycles. The fourth-order valence-corrected chi connectivity index (χ4v) is 5.79. The van der Waals surface area contributed by atoms with Crippen LogP contribution in [0.5, 0.6) is 5.75 Å². The van der Waals surface area contributed by atoms with Crippen LogP contribution in [0, 0.1) is 29.9 Å². The number of amidine groups is 1. The summed E-state index contributed by atoms with van der Waals surface area (Å²) in [5.74, 6) is 0.654. The molecule has 0 bridgehead atoms. The van der Waals surface area contributed by atoms with Crippen LogP contribution in [0.3, 0.4) is 0 Å². The van der Waals surface area contributed by atoms with E-state index in [0.29, 0.717) is 23.2 Å². The number of hydrogen-bond acceptors (Lipinski definition) is 8. The van der Waals surface area contributed by atoms with Gasteiger partial charge in [-0.2, -0.15) is 0 Å². The third-order valence-electron chi connectivity index (χ3n) is 6.19. The standard InChI is InChI=1S/C23H19F3N6OS/c1-3-4-33-13-7-16-19(28-9-13)20(30-11-29-16)31-12-5-14(18(26)15(25)6-12)22(2)17-8-23(17,10-24)34-21(27)32-22/h1,5-7,9,11,17H,4,8,10H2,2H3,(H2,27,32)(H,29,30,31)/t17-,22+,23+/m0/s1. The third-order valence-corrected chi connectivity index (χ3v) is 7.46. The number of hydrogen-bond donors (Lipinski definition) is 2. The number of aliphatic imine (C=N–C) groups is 1. The first kappa shape index (κ1) is 22.3. The summed E-state index contributed by atoms with van der Waals surface area (Å²) in [6.07, 6.45) is 8.45. The van der Waals surface area contributed by atoms with Crippen molar-refractivity contribution < 1.29 is 17.9 Å². The number of anilines is 2. The van der Waals surface area contributed by atoms with Gasteiger partial charge in [0.05, 0.1) is 22.0 Å². The lowest BCUT2D eigenvalue weighted by Crippen LogP contribution is -2.37. The van der Waals surface area contributed by atoms with E-state index in [1.807, 2.05) is 0 Å². The molecule has 0 saturated heterocycles. The number of halogens is 3. The summed E-state index contributed by atoms with van der Waals surface area (Å²) >= 11 is 1.16. The first-order chi connectivity index (χ1) is 16.3. The van der Waals surface area contributed by atoms with Gasteiger partial charge < -0.3 is 15.8 Å². The number of nitrogens with zero attached hydrogens (tertiary/aromatic N) is 4. The second kappa shape index (κ2) is 8.06. The minimum absolute atomic E-state index is 0.00475. The Labute approximate surface area is 197 Å². The number of ether oxygens (including phenoxy) is 1. The number of thioether (sulfide) groups is 1. The first-order valence-electron chi connectivity index (χ1n) is 10.3. The van der Waals surface area contributed by atoms with Crippen LogP contribution in [0.4, 0.5) is 24.7 Å². The zero-order chi connectivity index (χ0) is 24.1. The van der Waals surface area contributed by atoms with Crippen LogP contribution in [-0.4, -0.2) is 38.1 Å². The Morgan fingerprint density at radius 2 is 2.12 bits per heavy atom. The number of pyridine rings is 1. The van der Waals surface area contributed by atoms with Crippen molar-refractivity contribution in [1.82, 2.24) is 15.0 Å². The zero-order valence-corrected chi connectivity index (χ0v) is 18.8. The summed E-state index contributed by atoms with van der Waals surface area (Å²) < 4.78 is 48.1. The van der Waals surface area contributed by atoms with Crippen molar-refractivity contribution >= 4 is 39.5 Å². The molecule has 0 amide bonds. The van der Waals surface area contributed by atoms with E-state index in [9.17, 15) is 8.78 Å². The highest BCUT2D eigenvalue weighted by Crippen LogP contribution is 2.66. The van der Waals surface area contributed by atoms with Crippen molar-refractivity contribution in [3.63, 3.8) is 0 Å². The van der Waals surface area contributed by atoms with Gasteiger partial charge in [-0.3, -0.25) is 4.99 Å². The second-order valence-corrected chi connectivity index (χ2v) is 9.79. The van der Waals surface area contributed by atoms with Crippen LogP contribution in [0.25, 0.3) is 11.0 Å². The highest BCUT2D eigenvalue weighted by atomic mass is 32.2. The molecule has 1 aromatic carbocycles. The van der Waals surface area contributed by atoms with Gasteiger partial charge in [-0.15, -0.1) is 6.42 Å². The SMILES string of the molecule is C#CCOc1cnc2c(Nc3cc(F)c(F)c([C@@]4(C)N=C(N)S[C@@]5(CF)C[C@H]54)c3)ncnc2c1. The van der Waals surface area contributed by atoms with E-state index >= 15 is 4.39 Å². The number of benzene rings is 1. The molecule has 7 nitrogen and oxygen atoms in total. The maximum absolute atomic E-state index is 15.0. The zero-order valence-electron chi connectivity index (χ0n) is 18.0. The Morgan fingerprint density at radius 1 is 1.29 bits per heavy atom. The van der Waals surface area contributed by atoms with Crippen molar-refractivity contribution in [3.8, 4) is 18.1 Å². The number of aromatic nitrogens is 3. The summed E-state index contributed by atoms with van der Waals surface area (Å²) in [5.41, 5.74) is 5.82. The van der Waals surface area contributed by atoms with Gasteiger partial charge in [0.15, 0.2) is 22.6 Å². The van der Waals surface area contributed by atoms with Crippen molar-refractivity contribution in [2.75, 3.05) is 18.6 Å². The molecule has 2 aliphatic rings. The van der Waals surface area contributed by atoms with Gasteiger partial charge in [-0.1, -0.05) is 17.7 Å². The monoisotopic (exact) mass is 484 g/mol. The van der Waals surface area contributed by atoms with Gasteiger partial charge in [0.1, 0.15) is 30.9 Å². The summed E-state index contributed by atoms with van der Waals surface area (Å²) in [4.78, 5) is 17.1. The lowest BCUT2D eigenvalue weighted by atomic mass is 9.85. The van der Waals surface area contributed by atoms with E-state index in [2.05, 4.69) is 31.2 Å². The smallest absolute Gasteiger partial charge is 0.164 e. The molecule has 1 fully saturated rings. The van der Waals surface area contributed by atoms with E-state index in [0.717, 1.165) is 17.8 Å². The number of nitrogens with one attached hydrogen (secondary N) is 1. The molecule has 3 atom stereocenters. The summed E-state index contributed by atoms with van der Waals surface area (Å²) in [6, 6.07) is 4.11. The van der Waals surface area contributed by atoms with Gasteiger partial charge in [-0.05, 0) is 19.4 Å². The quantitative estimate of drug-likeness (QED) is 0.509. The van der Waals surface area contributed by atoms with Gasteiger partial charge in [-0.25, -0.2) is 28.1 Å². The maximum Gasteiger partial charge on any atom is 0.164 e. The minimum atomic E-state index is -1.21. The normalized spacial score (nSPS) is 25.3. The molecule has 0 unspecified atom stereocenters. The van der Waals surface area contributed by atoms with Crippen molar-refractivity contribution in [2.24, 2.45) is 16.6 Å². The molecule has 3 heterocycles. The van der Waals surface area contributed by atoms with Gasteiger partial charge in [0.2, 0.25) is 0 Å². The summed E-state index contributed by atoms with van der Waals surface area (Å²) in [7, 11) is 0. The molecule has 1 aliphatic heterocycles. The van der Waals surface area contributed by atoms with Crippen LogP contribution in [0.2, 0.25) is 0 Å². The van der Waals surface area contributed by atoms with Crippen molar-refractivity contribution in [1.29, 1.82) is 0 Å². The number of nitrogens with two attached hydrogens (primary N) is 1. The van der Waals surface area contributed by atoms with E-state index in [-0.39, 0.29) is 34.8 Å². The molecule has 3 aromatic rings. The number of rotatable bonds is 6.